The van der Waals surface area contributed by atoms with Crippen LogP contribution in [0.3, 0.4) is 0 Å². The summed E-state index contributed by atoms with van der Waals surface area (Å²) in [6, 6.07) is 15.0. The van der Waals surface area contributed by atoms with Crippen molar-refractivity contribution in [2.45, 2.75) is 65.5 Å². The summed E-state index contributed by atoms with van der Waals surface area (Å²) < 4.78 is 5.41. The molecule has 5 atom stereocenters. The second-order valence-corrected chi connectivity index (χ2v) is 13.4. The minimum absolute atomic E-state index is 0.0963. The molecule has 2 aromatic carbocycles. The number of ether oxygens (including phenoxy) is 1. The van der Waals surface area contributed by atoms with E-state index < -0.39 is 0 Å². The van der Waals surface area contributed by atoms with E-state index in [0.717, 1.165) is 80.4 Å². The van der Waals surface area contributed by atoms with Gasteiger partial charge in [-0.1, -0.05) is 26.8 Å². The summed E-state index contributed by atoms with van der Waals surface area (Å²) in [6.07, 6.45) is 4.25. The Kier molecular flexibility index (Phi) is 7.75. The maximum absolute atomic E-state index is 13.5. The van der Waals surface area contributed by atoms with Gasteiger partial charge in [0.1, 0.15) is 5.75 Å². The topological polar surface area (TPSA) is 69.2 Å². The van der Waals surface area contributed by atoms with Crippen LogP contribution in [0.4, 0.5) is 5.69 Å². The molecule has 1 saturated heterocycles. The zero-order valence-electron chi connectivity index (χ0n) is 25.5. The SMILES string of the molecule is COc1ccc2c(c1)CCN(C(=O)c1ccc(N/C(=N/[C@H]3C[C@H]4C[C@@H]([C@@H]3C)C4(C)C)N3CCN[C@@H](C)C3)cc1)CC2. The van der Waals surface area contributed by atoms with Crippen LogP contribution in [-0.2, 0) is 12.8 Å². The van der Waals surface area contributed by atoms with Crippen LogP contribution in [0.15, 0.2) is 47.5 Å². The van der Waals surface area contributed by atoms with E-state index in [1.165, 1.54) is 24.0 Å². The lowest BCUT2D eigenvalue weighted by atomic mass is 9.45. The van der Waals surface area contributed by atoms with Gasteiger partial charge in [0.05, 0.1) is 13.2 Å². The lowest BCUT2D eigenvalue weighted by molar-refractivity contribution is -0.108. The molecule has 0 spiro atoms. The second-order valence-electron chi connectivity index (χ2n) is 13.4. The van der Waals surface area contributed by atoms with Crippen molar-refractivity contribution < 1.29 is 9.53 Å². The lowest BCUT2D eigenvalue weighted by Gasteiger charge is -2.61. The number of guanidine groups is 1. The molecule has 0 aromatic heterocycles. The quantitative estimate of drug-likeness (QED) is 0.406. The highest BCUT2D eigenvalue weighted by molar-refractivity contribution is 5.97. The summed E-state index contributed by atoms with van der Waals surface area (Å²) in [7, 11) is 1.70. The predicted molar refractivity (Wildman–Crippen MR) is 166 cm³/mol. The Balaban J connectivity index is 1.15. The third-order valence-electron chi connectivity index (χ3n) is 10.7. The van der Waals surface area contributed by atoms with Crippen LogP contribution in [0.1, 0.15) is 62.0 Å². The van der Waals surface area contributed by atoms with Crippen molar-refractivity contribution in [1.29, 1.82) is 0 Å². The van der Waals surface area contributed by atoms with E-state index in [4.69, 9.17) is 9.73 Å². The van der Waals surface area contributed by atoms with E-state index >= 15 is 0 Å². The van der Waals surface area contributed by atoms with Crippen molar-refractivity contribution in [3.63, 3.8) is 0 Å². The van der Waals surface area contributed by atoms with Gasteiger partial charge < -0.3 is 25.2 Å². The molecule has 2 heterocycles. The first-order valence-corrected chi connectivity index (χ1v) is 15.6. The first-order valence-electron chi connectivity index (χ1n) is 15.6. The van der Waals surface area contributed by atoms with Gasteiger partial charge in [-0.3, -0.25) is 4.79 Å². The smallest absolute Gasteiger partial charge is 0.253 e. The molecule has 7 nitrogen and oxygen atoms in total. The van der Waals surface area contributed by atoms with Gasteiger partial charge in [0.15, 0.2) is 5.96 Å². The molecule has 1 amide bonds. The molecule has 220 valence electrons. The highest BCUT2D eigenvalue weighted by Gasteiger charge is 2.56. The zero-order valence-corrected chi connectivity index (χ0v) is 25.5. The molecular formula is C34H47N5O2. The molecule has 2 bridgehead atoms. The fourth-order valence-electron chi connectivity index (χ4n) is 7.81. The number of nitrogens with zero attached hydrogens (tertiary/aromatic N) is 3. The molecule has 2 N–H and O–H groups in total. The van der Waals surface area contributed by atoms with E-state index in [1.807, 2.05) is 35.2 Å². The summed E-state index contributed by atoms with van der Waals surface area (Å²) in [6.45, 7) is 13.8. The Morgan fingerprint density at radius 1 is 1.00 bits per heavy atom. The summed E-state index contributed by atoms with van der Waals surface area (Å²) in [4.78, 5) is 23.3. The van der Waals surface area contributed by atoms with Crippen LogP contribution in [-0.4, -0.2) is 73.6 Å². The van der Waals surface area contributed by atoms with Gasteiger partial charge in [-0.2, -0.15) is 0 Å². The first kappa shape index (κ1) is 28.1. The van der Waals surface area contributed by atoms with E-state index in [1.54, 1.807) is 7.11 Å². The van der Waals surface area contributed by atoms with Crippen molar-refractivity contribution in [2.24, 2.45) is 28.2 Å². The minimum atomic E-state index is 0.0963. The fraction of sp³-hybridized carbons (Fsp3) is 0.588. The van der Waals surface area contributed by atoms with Crippen LogP contribution in [0, 0.1) is 23.2 Å². The number of anilines is 1. The second kappa shape index (κ2) is 11.3. The van der Waals surface area contributed by atoms with E-state index in [-0.39, 0.29) is 5.91 Å². The molecule has 7 rings (SSSR count). The maximum Gasteiger partial charge on any atom is 0.253 e. The predicted octanol–water partition coefficient (Wildman–Crippen LogP) is 5.07. The number of hydrogen-bond acceptors (Lipinski definition) is 4. The Morgan fingerprint density at radius 3 is 2.44 bits per heavy atom. The summed E-state index contributed by atoms with van der Waals surface area (Å²) in [5.41, 5.74) is 4.75. The van der Waals surface area contributed by atoms with Crippen LogP contribution in [0.5, 0.6) is 5.75 Å². The lowest BCUT2D eigenvalue weighted by Crippen LogP contribution is -2.57. The molecular weight excluding hydrogens is 510 g/mol. The van der Waals surface area contributed by atoms with Crippen molar-refractivity contribution in [3.8, 4) is 5.75 Å². The summed E-state index contributed by atoms with van der Waals surface area (Å²) in [5, 5.41) is 7.24. The van der Waals surface area contributed by atoms with Crippen LogP contribution >= 0.6 is 0 Å². The van der Waals surface area contributed by atoms with Gasteiger partial charge in [0, 0.05) is 50.0 Å². The maximum atomic E-state index is 13.5. The molecule has 2 aliphatic heterocycles. The van der Waals surface area contributed by atoms with Crippen LogP contribution in [0.25, 0.3) is 0 Å². The van der Waals surface area contributed by atoms with Gasteiger partial charge >= 0.3 is 0 Å². The molecule has 41 heavy (non-hydrogen) atoms. The third-order valence-corrected chi connectivity index (χ3v) is 10.7. The Hall–Kier alpha value is -3.06. The van der Waals surface area contributed by atoms with Crippen molar-refractivity contribution in [1.82, 2.24) is 15.1 Å². The molecule has 2 aromatic rings. The van der Waals surface area contributed by atoms with E-state index in [2.05, 4.69) is 55.4 Å². The van der Waals surface area contributed by atoms with Gasteiger partial charge in [-0.15, -0.1) is 0 Å². The standard InChI is InChI=1S/C34H47N5O2/c1-22-21-39(17-14-35-22)33(37-31-20-27-19-30(23(31)2)34(27,3)4)36-28-9-6-25(7-10-28)32(40)38-15-12-24-8-11-29(41-5)18-26(24)13-16-38/h6-11,18,22-23,27,30-31,35H,12-17,19-21H2,1-5H3,(H,36,37)/t22-,23-,27+,30-,31-/m0/s1. The number of aliphatic imine (C=N–C) groups is 1. The van der Waals surface area contributed by atoms with Crippen molar-refractivity contribution >= 4 is 17.6 Å². The number of fused-ring (bicyclic) bond motifs is 3. The number of methoxy groups -OCH3 is 1. The Labute approximate surface area is 245 Å². The highest BCUT2D eigenvalue weighted by Crippen LogP contribution is 2.61. The van der Waals surface area contributed by atoms with Gasteiger partial charge in [0.25, 0.3) is 5.91 Å². The van der Waals surface area contributed by atoms with Gasteiger partial charge in [-0.05, 0) is 103 Å². The monoisotopic (exact) mass is 557 g/mol. The number of carbonyl (C=O) groups excluding carboxylic acids is 1. The van der Waals surface area contributed by atoms with Gasteiger partial charge in [0.2, 0.25) is 0 Å². The number of amides is 1. The Morgan fingerprint density at radius 2 is 1.76 bits per heavy atom. The molecule has 3 aliphatic carbocycles. The summed E-state index contributed by atoms with van der Waals surface area (Å²) in [5.74, 6) is 4.08. The van der Waals surface area contributed by atoms with Crippen LogP contribution in [0.2, 0.25) is 0 Å². The third kappa shape index (κ3) is 5.57. The van der Waals surface area contributed by atoms with E-state index in [0.29, 0.717) is 23.4 Å². The number of benzene rings is 2. The fourth-order valence-corrected chi connectivity index (χ4v) is 7.81. The number of piperazine rings is 1. The largest absolute Gasteiger partial charge is 0.497 e. The zero-order chi connectivity index (χ0) is 28.7. The first-order chi connectivity index (χ1) is 19.7. The van der Waals surface area contributed by atoms with E-state index in [9.17, 15) is 4.79 Å². The minimum Gasteiger partial charge on any atom is -0.497 e. The molecule has 0 unspecified atom stereocenters. The molecule has 4 fully saturated rings. The molecule has 7 heteroatoms. The highest BCUT2D eigenvalue weighted by atomic mass is 16.5. The van der Waals surface area contributed by atoms with Crippen molar-refractivity contribution in [2.75, 3.05) is 45.2 Å². The van der Waals surface area contributed by atoms with Gasteiger partial charge in [-0.25, -0.2) is 4.99 Å². The van der Waals surface area contributed by atoms with Crippen molar-refractivity contribution in [3.05, 3.63) is 59.2 Å². The number of nitrogens with one attached hydrogen (secondary N) is 2. The average Bonchev–Trinajstić information content (AvgIpc) is 3.19. The molecule has 3 saturated carbocycles. The number of carbonyl (C=O) groups is 1. The molecule has 5 aliphatic rings. The normalized spacial score (nSPS) is 29.2. The number of rotatable bonds is 4. The summed E-state index contributed by atoms with van der Waals surface area (Å²) >= 11 is 0. The average molecular weight is 558 g/mol. The molecule has 0 radical (unpaired) electrons. The Bertz CT molecular complexity index is 1290. The van der Waals surface area contributed by atoms with Crippen LogP contribution < -0.4 is 15.4 Å². The number of hydrogen-bond donors (Lipinski definition) is 2.